The molecule has 0 saturated carbocycles. The first kappa shape index (κ1) is 17.8. The highest BCUT2D eigenvalue weighted by Crippen LogP contribution is 2.25. The number of nitrogens with two attached hydrogens (primary N) is 1. The van der Waals surface area contributed by atoms with Crippen molar-refractivity contribution in [2.24, 2.45) is 11.7 Å². The molecule has 0 radical (unpaired) electrons. The Labute approximate surface area is 142 Å². The molecule has 0 spiro atoms. The van der Waals surface area contributed by atoms with E-state index in [1.165, 1.54) is 0 Å². The number of hydrogen-bond donors (Lipinski definition) is 2. The smallest absolute Gasteiger partial charge is 0.225 e. The van der Waals surface area contributed by atoms with E-state index in [1.807, 2.05) is 49.4 Å². The molecule has 0 aromatic heterocycles. The molecule has 0 bridgehead atoms. The molecule has 5 heteroatoms. The molecule has 0 fully saturated rings. The van der Waals surface area contributed by atoms with Crippen LogP contribution in [0, 0.1) is 5.92 Å². The summed E-state index contributed by atoms with van der Waals surface area (Å²) in [6.07, 6.45) is 0. The molecule has 1 amide bonds. The number of carbonyl (C=O) groups is 1. The lowest BCUT2D eigenvalue weighted by molar-refractivity contribution is -0.125. The second kappa shape index (κ2) is 8.36. The number of nitrogens with one attached hydrogen (secondary N) is 1. The van der Waals surface area contributed by atoms with E-state index in [0.29, 0.717) is 18.0 Å². The number of hydrogen-bond acceptors (Lipinski definition) is 4. The quantitative estimate of drug-likeness (QED) is 0.819. The van der Waals surface area contributed by atoms with E-state index in [9.17, 15) is 4.79 Å². The Balaban J connectivity index is 2.00. The lowest BCUT2D eigenvalue weighted by Crippen LogP contribution is -2.35. The van der Waals surface area contributed by atoms with Gasteiger partial charge in [0.05, 0.1) is 20.1 Å². The van der Waals surface area contributed by atoms with Crippen molar-refractivity contribution in [3.8, 4) is 11.5 Å². The van der Waals surface area contributed by atoms with Crippen molar-refractivity contribution in [1.82, 2.24) is 5.32 Å². The van der Waals surface area contributed by atoms with Gasteiger partial charge in [-0.1, -0.05) is 37.3 Å². The summed E-state index contributed by atoms with van der Waals surface area (Å²) in [7, 11) is 3.19. The number of benzene rings is 2. The number of methoxy groups -OCH3 is 2. The molecular formula is C19H24N2O3. The van der Waals surface area contributed by atoms with Crippen LogP contribution in [0.15, 0.2) is 48.5 Å². The average Bonchev–Trinajstić information content (AvgIpc) is 2.65. The van der Waals surface area contributed by atoms with Crippen LogP contribution in [0.2, 0.25) is 0 Å². The summed E-state index contributed by atoms with van der Waals surface area (Å²) in [4.78, 5) is 12.4. The minimum Gasteiger partial charge on any atom is -0.497 e. The van der Waals surface area contributed by atoms with E-state index in [2.05, 4.69) is 5.32 Å². The Bertz CT molecular complexity index is 674. The van der Waals surface area contributed by atoms with Crippen molar-refractivity contribution in [3.63, 3.8) is 0 Å². The molecule has 2 aromatic rings. The fourth-order valence-corrected chi connectivity index (χ4v) is 2.47. The minimum atomic E-state index is -0.344. The van der Waals surface area contributed by atoms with Crippen molar-refractivity contribution in [1.29, 1.82) is 0 Å². The van der Waals surface area contributed by atoms with Crippen LogP contribution in [0.3, 0.4) is 0 Å². The third-order valence-electron chi connectivity index (χ3n) is 4.08. The van der Waals surface area contributed by atoms with Gasteiger partial charge in [-0.15, -0.1) is 0 Å². The van der Waals surface area contributed by atoms with Crippen LogP contribution in [-0.4, -0.2) is 20.1 Å². The van der Waals surface area contributed by atoms with Gasteiger partial charge in [0.2, 0.25) is 5.91 Å². The van der Waals surface area contributed by atoms with Crippen molar-refractivity contribution in [2.75, 3.05) is 14.2 Å². The number of ether oxygens (including phenoxy) is 2. The van der Waals surface area contributed by atoms with Gasteiger partial charge in [0.25, 0.3) is 0 Å². The van der Waals surface area contributed by atoms with Crippen LogP contribution < -0.4 is 20.5 Å². The first-order valence-electron chi connectivity index (χ1n) is 7.86. The SMILES string of the molecule is COc1ccc(CNC(=O)C(C)C(N)c2ccccc2)c(OC)c1. The molecule has 2 unspecified atom stereocenters. The van der Waals surface area contributed by atoms with Gasteiger partial charge in [0, 0.05) is 24.2 Å². The van der Waals surface area contributed by atoms with E-state index in [0.717, 1.165) is 11.1 Å². The first-order chi connectivity index (χ1) is 11.6. The molecule has 5 nitrogen and oxygen atoms in total. The highest BCUT2D eigenvalue weighted by molar-refractivity contribution is 5.79. The Kier molecular flexibility index (Phi) is 6.21. The predicted molar refractivity (Wildman–Crippen MR) is 93.9 cm³/mol. The van der Waals surface area contributed by atoms with E-state index >= 15 is 0 Å². The number of amides is 1. The van der Waals surface area contributed by atoms with Gasteiger partial charge in [-0.3, -0.25) is 4.79 Å². The van der Waals surface area contributed by atoms with E-state index < -0.39 is 0 Å². The van der Waals surface area contributed by atoms with Crippen LogP contribution in [0.25, 0.3) is 0 Å². The summed E-state index contributed by atoms with van der Waals surface area (Å²) in [5.41, 5.74) is 8.03. The highest BCUT2D eigenvalue weighted by Gasteiger charge is 2.22. The molecule has 0 aliphatic rings. The molecule has 0 heterocycles. The molecule has 0 aliphatic carbocycles. The Morgan fingerprint density at radius 2 is 1.83 bits per heavy atom. The van der Waals surface area contributed by atoms with Crippen molar-refractivity contribution < 1.29 is 14.3 Å². The molecule has 0 saturated heterocycles. The molecular weight excluding hydrogens is 304 g/mol. The Hall–Kier alpha value is -2.53. The van der Waals surface area contributed by atoms with Gasteiger partial charge >= 0.3 is 0 Å². The maximum atomic E-state index is 12.4. The lowest BCUT2D eigenvalue weighted by Gasteiger charge is -2.20. The second-order valence-corrected chi connectivity index (χ2v) is 5.62. The summed E-state index contributed by atoms with van der Waals surface area (Å²) in [5.74, 6) is 0.955. The molecule has 128 valence electrons. The molecule has 0 aliphatic heterocycles. The van der Waals surface area contributed by atoms with Gasteiger partial charge in [-0.25, -0.2) is 0 Å². The molecule has 3 N–H and O–H groups in total. The van der Waals surface area contributed by atoms with Gasteiger partial charge < -0.3 is 20.5 Å². The number of rotatable bonds is 7. The Morgan fingerprint density at radius 3 is 2.46 bits per heavy atom. The molecule has 2 aromatic carbocycles. The van der Waals surface area contributed by atoms with Gasteiger partial charge in [0.1, 0.15) is 11.5 Å². The van der Waals surface area contributed by atoms with Crippen LogP contribution in [0.5, 0.6) is 11.5 Å². The summed E-state index contributed by atoms with van der Waals surface area (Å²) in [5, 5.41) is 2.92. The zero-order valence-electron chi connectivity index (χ0n) is 14.3. The first-order valence-corrected chi connectivity index (χ1v) is 7.86. The van der Waals surface area contributed by atoms with Gasteiger partial charge in [0.15, 0.2) is 0 Å². The third kappa shape index (κ3) is 4.26. The second-order valence-electron chi connectivity index (χ2n) is 5.62. The topological polar surface area (TPSA) is 73.6 Å². The van der Waals surface area contributed by atoms with Crippen molar-refractivity contribution in [3.05, 3.63) is 59.7 Å². The number of carbonyl (C=O) groups excluding carboxylic acids is 1. The van der Waals surface area contributed by atoms with Crippen LogP contribution in [-0.2, 0) is 11.3 Å². The normalized spacial score (nSPS) is 13.0. The van der Waals surface area contributed by atoms with Crippen molar-refractivity contribution >= 4 is 5.91 Å². The van der Waals surface area contributed by atoms with Crippen LogP contribution in [0.4, 0.5) is 0 Å². The summed E-state index contributed by atoms with van der Waals surface area (Å²) < 4.78 is 10.5. The van der Waals surface area contributed by atoms with Gasteiger partial charge in [-0.2, -0.15) is 0 Å². The molecule has 24 heavy (non-hydrogen) atoms. The minimum absolute atomic E-state index is 0.0933. The van der Waals surface area contributed by atoms with E-state index in [4.69, 9.17) is 15.2 Å². The standard InChI is InChI=1S/C19H24N2O3/c1-13(18(20)14-7-5-4-6-8-14)19(22)21-12-15-9-10-16(23-2)11-17(15)24-3/h4-11,13,18H,12,20H2,1-3H3,(H,21,22). The summed E-state index contributed by atoms with van der Waals surface area (Å²) in [6, 6.07) is 14.8. The van der Waals surface area contributed by atoms with Gasteiger partial charge in [-0.05, 0) is 17.7 Å². The lowest BCUT2D eigenvalue weighted by atomic mass is 9.94. The van der Waals surface area contributed by atoms with Crippen LogP contribution >= 0.6 is 0 Å². The van der Waals surface area contributed by atoms with E-state index in [-0.39, 0.29) is 17.9 Å². The molecule has 2 atom stereocenters. The zero-order valence-corrected chi connectivity index (χ0v) is 14.3. The largest absolute Gasteiger partial charge is 0.497 e. The predicted octanol–water partition coefficient (Wildman–Crippen LogP) is 2.66. The van der Waals surface area contributed by atoms with Crippen LogP contribution in [0.1, 0.15) is 24.1 Å². The fourth-order valence-electron chi connectivity index (χ4n) is 2.47. The Morgan fingerprint density at radius 1 is 1.12 bits per heavy atom. The summed E-state index contributed by atoms with van der Waals surface area (Å²) >= 11 is 0. The molecule has 2 rings (SSSR count). The average molecular weight is 328 g/mol. The van der Waals surface area contributed by atoms with E-state index in [1.54, 1.807) is 20.3 Å². The third-order valence-corrected chi connectivity index (χ3v) is 4.08. The fraction of sp³-hybridized carbons (Fsp3) is 0.316. The highest BCUT2D eigenvalue weighted by atomic mass is 16.5. The maximum absolute atomic E-state index is 12.4. The zero-order chi connectivity index (χ0) is 17.5. The monoisotopic (exact) mass is 328 g/mol. The van der Waals surface area contributed by atoms with Crippen molar-refractivity contribution in [2.45, 2.75) is 19.5 Å². The maximum Gasteiger partial charge on any atom is 0.225 e. The summed E-state index contributed by atoms with van der Waals surface area (Å²) in [6.45, 7) is 2.20.